The first-order chi connectivity index (χ1) is 8.74. The quantitative estimate of drug-likeness (QED) is 0.481. The fraction of sp³-hybridized carbons (Fsp3) is 0.154. The summed E-state index contributed by atoms with van der Waals surface area (Å²) >= 11 is 1.30. The Kier molecular flexibility index (Phi) is 3.84. The van der Waals surface area contributed by atoms with E-state index in [-0.39, 0.29) is 5.78 Å². The molecule has 2 rings (SSSR count). The lowest BCUT2D eigenvalue weighted by atomic mass is 9.95. The molecule has 2 aromatic heterocycles. The lowest BCUT2D eigenvalue weighted by molar-refractivity contribution is -0.141. The lowest BCUT2D eigenvalue weighted by Crippen LogP contribution is -2.23. The molecule has 18 heavy (non-hydrogen) atoms. The maximum atomic E-state index is 12.3. The molecule has 0 bridgehead atoms. The topological polar surface area (TPSA) is 56.3 Å². The third-order valence-corrected chi connectivity index (χ3v) is 3.37. The number of rotatable bonds is 4. The molecular weight excluding hydrogens is 250 g/mol. The first-order valence-corrected chi connectivity index (χ1v) is 6.17. The van der Waals surface area contributed by atoms with Crippen LogP contribution in [0.4, 0.5) is 0 Å². The summed E-state index contributed by atoms with van der Waals surface area (Å²) in [6.07, 6.45) is 3.10. The third-order valence-electron chi connectivity index (χ3n) is 2.48. The molecule has 92 valence electrons. The van der Waals surface area contributed by atoms with Gasteiger partial charge in [0, 0.05) is 12.4 Å². The van der Waals surface area contributed by atoms with Crippen LogP contribution in [0.25, 0.3) is 0 Å². The molecule has 0 aliphatic carbocycles. The predicted molar refractivity (Wildman–Crippen MR) is 67.6 cm³/mol. The van der Waals surface area contributed by atoms with Gasteiger partial charge in [0.2, 0.25) is 0 Å². The number of pyridine rings is 1. The van der Waals surface area contributed by atoms with Crippen molar-refractivity contribution < 1.29 is 14.3 Å². The van der Waals surface area contributed by atoms with Crippen molar-refractivity contribution in [1.29, 1.82) is 0 Å². The smallest absolute Gasteiger partial charge is 0.321 e. The van der Waals surface area contributed by atoms with Crippen molar-refractivity contribution in [2.24, 2.45) is 0 Å². The second-order valence-electron chi connectivity index (χ2n) is 3.58. The number of thiophene rings is 1. The van der Waals surface area contributed by atoms with Crippen molar-refractivity contribution in [3.8, 4) is 0 Å². The van der Waals surface area contributed by atoms with Gasteiger partial charge in [0.1, 0.15) is 5.92 Å². The van der Waals surface area contributed by atoms with E-state index in [1.165, 1.54) is 24.6 Å². The Morgan fingerprint density at radius 3 is 2.72 bits per heavy atom. The molecule has 0 saturated heterocycles. The Labute approximate surface area is 108 Å². The standard InChI is InChI=1S/C13H11NO3S/c1-17-13(16)11(9-4-2-6-14-8-9)12(15)10-5-3-7-18-10/h2-8,11H,1H3. The molecule has 0 saturated carbocycles. The number of carbonyl (C=O) groups excluding carboxylic acids is 2. The highest BCUT2D eigenvalue weighted by molar-refractivity contribution is 7.12. The summed E-state index contributed by atoms with van der Waals surface area (Å²) in [5, 5.41) is 1.80. The molecule has 2 aromatic rings. The fourth-order valence-corrected chi connectivity index (χ4v) is 2.31. The molecule has 2 heterocycles. The molecule has 0 aliphatic rings. The summed E-state index contributed by atoms with van der Waals surface area (Å²) in [6.45, 7) is 0. The molecule has 1 unspecified atom stereocenters. The van der Waals surface area contributed by atoms with E-state index in [1.54, 1.807) is 35.8 Å². The van der Waals surface area contributed by atoms with E-state index in [1.807, 2.05) is 0 Å². The number of Topliss-reactive ketones (excluding diaryl/α,β-unsaturated/α-hetero) is 1. The van der Waals surface area contributed by atoms with Gasteiger partial charge >= 0.3 is 5.97 Å². The van der Waals surface area contributed by atoms with Gasteiger partial charge in [0.15, 0.2) is 5.78 Å². The van der Waals surface area contributed by atoms with E-state index >= 15 is 0 Å². The summed E-state index contributed by atoms with van der Waals surface area (Å²) in [4.78, 5) is 28.5. The number of methoxy groups -OCH3 is 1. The number of carbonyl (C=O) groups is 2. The van der Waals surface area contributed by atoms with Crippen molar-refractivity contribution in [1.82, 2.24) is 4.98 Å². The molecule has 5 heteroatoms. The van der Waals surface area contributed by atoms with Crippen LogP contribution in [0.15, 0.2) is 42.0 Å². The van der Waals surface area contributed by atoms with E-state index in [2.05, 4.69) is 4.98 Å². The van der Waals surface area contributed by atoms with Gasteiger partial charge in [-0.25, -0.2) is 0 Å². The number of aromatic nitrogens is 1. The van der Waals surface area contributed by atoms with Gasteiger partial charge in [-0.2, -0.15) is 0 Å². The van der Waals surface area contributed by atoms with Crippen molar-refractivity contribution in [2.45, 2.75) is 5.92 Å². The minimum Gasteiger partial charge on any atom is -0.468 e. The molecule has 0 N–H and O–H groups in total. The van der Waals surface area contributed by atoms with Gasteiger partial charge in [-0.15, -0.1) is 11.3 Å². The molecule has 0 amide bonds. The van der Waals surface area contributed by atoms with Gasteiger partial charge in [-0.1, -0.05) is 12.1 Å². The van der Waals surface area contributed by atoms with Crippen LogP contribution in [-0.2, 0) is 9.53 Å². The van der Waals surface area contributed by atoms with E-state index in [0.717, 1.165) is 0 Å². The second kappa shape index (κ2) is 5.55. The molecule has 0 radical (unpaired) electrons. The molecule has 0 aromatic carbocycles. The van der Waals surface area contributed by atoms with Crippen LogP contribution in [0.5, 0.6) is 0 Å². The number of hydrogen-bond acceptors (Lipinski definition) is 5. The Bertz CT molecular complexity index is 537. The highest BCUT2D eigenvalue weighted by Crippen LogP contribution is 2.24. The Hall–Kier alpha value is -2.01. The van der Waals surface area contributed by atoms with Crippen LogP contribution >= 0.6 is 11.3 Å². The van der Waals surface area contributed by atoms with Crippen molar-refractivity contribution in [3.63, 3.8) is 0 Å². The van der Waals surface area contributed by atoms with Gasteiger partial charge in [-0.3, -0.25) is 14.6 Å². The summed E-state index contributed by atoms with van der Waals surface area (Å²) < 4.78 is 4.70. The van der Waals surface area contributed by atoms with E-state index in [9.17, 15) is 9.59 Å². The van der Waals surface area contributed by atoms with Crippen molar-refractivity contribution >= 4 is 23.1 Å². The van der Waals surface area contributed by atoms with E-state index in [4.69, 9.17) is 4.74 Å². The van der Waals surface area contributed by atoms with Crippen LogP contribution in [0.1, 0.15) is 21.2 Å². The average molecular weight is 261 g/mol. The van der Waals surface area contributed by atoms with Crippen LogP contribution < -0.4 is 0 Å². The minimum atomic E-state index is -0.942. The molecule has 0 fully saturated rings. The summed E-state index contributed by atoms with van der Waals surface area (Å²) in [6, 6.07) is 6.85. The molecule has 0 aliphatic heterocycles. The Morgan fingerprint density at radius 1 is 1.33 bits per heavy atom. The number of hydrogen-bond donors (Lipinski definition) is 0. The summed E-state index contributed by atoms with van der Waals surface area (Å²) in [7, 11) is 1.27. The fourth-order valence-electron chi connectivity index (χ4n) is 1.62. The van der Waals surface area contributed by atoms with Crippen molar-refractivity contribution in [2.75, 3.05) is 7.11 Å². The van der Waals surface area contributed by atoms with E-state index in [0.29, 0.717) is 10.4 Å². The molecule has 4 nitrogen and oxygen atoms in total. The predicted octanol–water partition coefficient (Wildman–Crippen LogP) is 2.28. The zero-order valence-electron chi connectivity index (χ0n) is 9.70. The minimum absolute atomic E-state index is 0.259. The van der Waals surface area contributed by atoms with Crippen molar-refractivity contribution in [3.05, 3.63) is 52.5 Å². The first kappa shape index (κ1) is 12.4. The Morgan fingerprint density at radius 2 is 2.17 bits per heavy atom. The largest absolute Gasteiger partial charge is 0.468 e. The van der Waals surface area contributed by atoms with Gasteiger partial charge in [0.05, 0.1) is 12.0 Å². The third kappa shape index (κ3) is 2.46. The molecular formula is C13H11NO3S. The maximum Gasteiger partial charge on any atom is 0.321 e. The monoisotopic (exact) mass is 261 g/mol. The van der Waals surface area contributed by atoms with Crippen LogP contribution in [0, 0.1) is 0 Å². The zero-order valence-corrected chi connectivity index (χ0v) is 10.5. The van der Waals surface area contributed by atoms with Crippen LogP contribution in [0.3, 0.4) is 0 Å². The van der Waals surface area contributed by atoms with Gasteiger partial charge in [-0.05, 0) is 23.1 Å². The maximum absolute atomic E-state index is 12.3. The molecule has 0 spiro atoms. The zero-order chi connectivity index (χ0) is 13.0. The summed E-state index contributed by atoms with van der Waals surface area (Å²) in [5.41, 5.74) is 0.544. The number of nitrogens with zero attached hydrogens (tertiary/aromatic N) is 1. The van der Waals surface area contributed by atoms with Gasteiger partial charge < -0.3 is 4.74 Å². The average Bonchev–Trinajstić information content (AvgIpc) is 2.94. The normalized spacial score (nSPS) is 11.8. The Balaban J connectivity index is 2.38. The lowest BCUT2D eigenvalue weighted by Gasteiger charge is -2.12. The number of ketones is 1. The molecule has 1 atom stereocenters. The highest BCUT2D eigenvalue weighted by Gasteiger charge is 2.30. The summed E-state index contributed by atoms with van der Waals surface area (Å²) in [5.74, 6) is -1.77. The number of ether oxygens (including phenoxy) is 1. The number of esters is 1. The first-order valence-electron chi connectivity index (χ1n) is 5.29. The second-order valence-corrected chi connectivity index (χ2v) is 4.53. The van der Waals surface area contributed by atoms with Crippen LogP contribution in [0.2, 0.25) is 0 Å². The van der Waals surface area contributed by atoms with Crippen LogP contribution in [-0.4, -0.2) is 23.8 Å². The van der Waals surface area contributed by atoms with Gasteiger partial charge in [0.25, 0.3) is 0 Å². The van der Waals surface area contributed by atoms with E-state index < -0.39 is 11.9 Å². The SMILES string of the molecule is COC(=O)C(C(=O)c1cccs1)c1cccnc1. The highest BCUT2D eigenvalue weighted by atomic mass is 32.1.